The zero-order valence-corrected chi connectivity index (χ0v) is 11.8. The fourth-order valence-corrected chi connectivity index (χ4v) is 6.00. The molecule has 3 nitrogen and oxygen atoms in total. The van der Waals surface area contributed by atoms with E-state index in [4.69, 9.17) is 9.47 Å². The highest BCUT2D eigenvalue weighted by Gasteiger charge is 2.82. The van der Waals surface area contributed by atoms with Crippen LogP contribution in [0.3, 0.4) is 0 Å². The first kappa shape index (κ1) is 10.8. The summed E-state index contributed by atoms with van der Waals surface area (Å²) in [4.78, 5) is 0.402. The summed E-state index contributed by atoms with van der Waals surface area (Å²) in [7, 11) is 0. The molecular formula is C14H17BrO3. The van der Waals surface area contributed by atoms with E-state index in [0.717, 1.165) is 38.5 Å². The van der Waals surface area contributed by atoms with Crippen LogP contribution >= 0.6 is 15.9 Å². The summed E-state index contributed by atoms with van der Waals surface area (Å²) in [5, 5.41) is 11.1. The Kier molecular flexibility index (Phi) is 1.66. The molecule has 4 fully saturated rings. The predicted molar refractivity (Wildman–Crippen MR) is 68.7 cm³/mol. The first-order valence-electron chi connectivity index (χ1n) is 6.92. The highest BCUT2D eigenvalue weighted by Crippen LogP contribution is 2.72. The number of rotatable bonds is 0. The molecule has 3 heterocycles. The van der Waals surface area contributed by atoms with E-state index in [1.165, 1.54) is 0 Å². The first-order chi connectivity index (χ1) is 8.52. The number of aliphatic hydroxyl groups is 1. The smallest absolute Gasteiger partial charge is 0.105 e. The molecule has 0 aromatic rings. The zero-order valence-electron chi connectivity index (χ0n) is 10.2. The summed E-state index contributed by atoms with van der Waals surface area (Å²) < 4.78 is 12.4. The van der Waals surface area contributed by atoms with Gasteiger partial charge < -0.3 is 14.6 Å². The maximum atomic E-state index is 11.1. The highest BCUT2D eigenvalue weighted by molar-refractivity contribution is 9.09. The van der Waals surface area contributed by atoms with Crippen molar-refractivity contribution in [1.29, 1.82) is 0 Å². The van der Waals surface area contributed by atoms with E-state index in [0.29, 0.717) is 4.83 Å². The van der Waals surface area contributed by atoms with E-state index in [1.807, 2.05) is 0 Å². The Bertz CT molecular complexity index is 474. The highest BCUT2D eigenvalue weighted by atomic mass is 79.9. The molecule has 2 bridgehead atoms. The Hall–Kier alpha value is 0.1000. The second-order valence-electron chi connectivity index (χ2n) is 6.93. The predicted octanol–water partition coefficient (Wildman–Crippen LogP) is 2.06. The van der Waals surface area contributed by atoms with Crippen molar-refractivity contribution in [2.45, 2.75) is 71.9 Å². The van der Waals surface area contributed by atoms with Crippen molar-refractivity contribution in [1.82, 2.24) is 0 Å². The molecule has 0 aromatic carbocycles. The third-order valence-electron chi connectivity index (χ3n) is 6.08. The second-order valence-corrected chi connectivity index (χ2v) is 8.11. The van der Waals surface area contributed by atoms with E-state index in [2.05, 4.69) is 28.1 Å². The Morgan fingerprint density at radius 2 is 1.78 bits per heavy atom. The monoisotopic (exact) mass is 312 g/mol. The van der Waals surface area contributed by atoms with Crippen LogP contribution < -0.4 is 0 Å². The van der Waals surface area contributed by atoms with Gasteiger partial charge in [-0.25, -0.2) is 0 Å². The summed E-state index contributed by atoms with van der Waals surface area (Å²) in [5.41, 5.74) is -1.11. The van der Waals surface area contributed by atoms with Gasteiger partial charge in [-0.2, -0.15) is 0 Å². The molecule has 5 aliphatic rings. The quantitative estimate of drug-likeness (QED) is 0.423. The number of fused-ring (bicyclic) bond motifs is 1. The minimum absolute atomic E-state index is 0.0278. The minimum atomic E-state index is -0.660. The molecule has 1 N–H and O–H groups in total. The molecule has 0 unspecified atom stereocenters. The lowest BCUT2D eigenvalue weighted by Crippen LogP contribution is -2.61. The summed E-state index contributed by atoms with van der Waals surface area (Å²) in [5.74, 6) is 0. The lowest BCUT2D eigenvalue weighted by Gasteiger charge is -2.48. The van der Waals surface area contributed by atoms with Crippen molar-refractivity contribution in [3.05, 3.63) is 12.2 Å². The molecule has 5 rings (SSSR count). The maximum Gasteiger partial charge on any atom is 0.105 e. The Morgan fingerprint density at radius 3 is 2.50 bits per heavy atom. The van der Waals surface area contributed by atoms with Gasteiger partial charge >= 0.3 is 0 Å². The number of hydrogen-bond donors (Lipinski definition) is 1. The van der Waals surface area contributed by atoms with Gasteiger partial charge in [-0.1, -0.05) is 28.1 Å². The molecular weight excluding hydrogens is 296 g/mol. The van der Waals surface area contributed by atoms with Crippen molar-refractivity contribution in [3.63, 3.8) is 0 Å². The fraction of sp³-hybridized carbons (Fsp3) is 0.857. The van der Waals surface area contributed by atoms with Gasteiger partial charge in [-0.05, 0) is 19.3 Å². The molecule has 0 amide bonds. The van der Waals surface area contributed by atoms with Gasteiger partial charge in [0.15, 0.2) is 0 Å². The third kappa shape index (κ3) is 0.952. The number of halogens is 1. The molecule has 4 heteroatoms. The van der Waals surface area contributed by atoms with Crippen molar-refractivity contribution in [3.8, 4) is 0 Å². The van der Waals surface area contributed by atoms with Gasteiger partial charge in [-0.15, -0.1) is 0 Å². The molecule has 1 saturated carbocycles. The Labute approximate surface area is 115 Å². The van der Waals surface area contributed by atoms with Gasteiger partial charge in [0, 0.05) is 24.1 Å². The molecule has 3 aliphatic heterocycles. The van der Waals surface area contributed by atoms with Crippen LogP contribution in [0.25, 0.3) is 0 Å². The van der Waals surface area contributed by atoms with Gasteiger partial charge in [0.1, 0.15) is 16.8 Å². The Morgan fingerprint density at radius 1 is 1.06 bits per heavy atom. The molecule has 1 spiro atoms. The normalized spacial score (nSPS) is 67.4. The summed E-state index contributed by atoms with van der Waals surface area (Å²) >= 11 is 3.70. The molecule has 98 valence electrons. The van der Waals surface area contributed by atoms with Crippen LogP contribution in [0.15, 0.2) is 12.2 Å². The van der Waals surface area contributed by atoms with Crippen LogP contribution in [0, 0.1) is 0 Å². The molecule has 18 heavy (non-hydrogen) atoms. The first-order valence-corrected chi connectivity index (χ1v) is 7.83. The number of hydrogen-bond acceptors (Lipinski definition) is 3. The van der Waals surface area contributed by atoms with Crippen molar-refractivity contribution in [2.75, 3.05) is 0 Å². The van der Waals surface area contributed by atoms with Crippen molar-refractivity contribution >= 4 is 15.9 Å². The summed E-state index contributed by atoms with van der Waals surface area (Å²) in [6.45, 7) is 0. The van der Waals surface area contributed by atoms with Crippen LogP contribution in [-0.2, 0) is 9.47 Å². The van der Waals surface area contributed by atoms with Crippen molar-refractivity contribution < 1.29 is 14.6 Å². The Balaban J connectivity index is 1.61. The van der Waals surface area contributed by atoms with E-state index < -0.39 is 5.60 Å². The summed E-state index contributed by atoms with van der Waals surface area (Å²) in [6, 6.07) is 0. The van der Waals surface area contributed by atoms with Crippen LogP contribution in [0.4, 0.5) is 0 Å². The largest absolute Gasteiger partial charge is 0.387 e. The van der Waals surface area contributed by atoms with Crippen LogP contribution in [0.1, 0.15) is 38.5 Å². The number of epoxide rings is 1. The van der Waals surface area contributed by atoms with E-state index in [-0.39, 0.29) is 22.9 Å². The second kappa shape index (κ2) is 2.76. The molecule has 2 aliphatic carbocycles. The lowest BCUT2D eigenvalue weighted by molar-refractivity contribution is -0.143. The molecule has 0 radical (unpaired) electrons. The molecule has 0 aromatic heterocycles. The average molecular weight is 313 g/mol. The van der Waals surface area contributed by atoms with Crippen LogP contribution in [0.5, 0.6) is 0 Å². The van der Waals surface area contributed by atoms with Gasteiger partial charge in [0.05, 0.1) is 11.7 Å². The third-order valence-corrected chi connectivity index (χ3v) is 7.00. The lowest BCUT2D eigenvalue weighted by atomic mass is 9.57. The maximum absolute atomic E-state index is 11.1. The van der Waals surface area contributed by atoms with Gasteiger partial charge in [-0.3, -0.25) is 0 Å². The zero-order chi connectivity index (χ0) is 12.2. The van der Waals surface area contributed by atoms with E-state index in [9.17, 15) is 5.11 Å². The van der Waals surface area contributed by atoms with Crippen LogP contribution in [0.2, 0.25) is 0 Å². The minimum Gasteiger partial charge on any atom is -0.387 e. The average Bonchev–Trinajstić information content (AvgIpc) is 2.71. The summed E-state index contributed by atoms with van der Waals surface area (Å²) in [6.07, 6.45) is 9.94. The number of alkyl halides is 1. The number of ether oxygens (including phenoxy) is 2. The topological polar surface area (TPSA) is 42.0 Å². The fourth-order valence-electron chi connectivity index (χ4n) is 5.18. The van der Waals surface area contributed by atoms with E-state index >= 15 is 0 Å². The van der Waals surface area contributed by atoms with Gasteiger partial charge in [0.2, 0.25) is 0 Å². The molecule has 6 atom stereocenters. The molecule has 3 saturated heterocycles. The van der Waals surface area contributed by atoms with Crippen molar-refractivity contribution in [2.24, 2.45) is 0 Å². The standard InChI is InChI=1S/C14H17BrO3/c15-9-5-14-8-13-4-2-1-3-12(13,18-13)7-11(14,16)6-10(9)17-14/h1-2,9-10,16H,3-8H2/t9-,10+,11-,12-,13+,14-/m0/s1. The van der Waals surface area contributed by atoms with Gasteiger partial charge in [0.25, 0.3) is 0 Å². The van der Waals surface area contributed by atoms with E-state index in [1.54, 1.807) is 0 Å². The van der Waals surface area contributed by atoms with Crippen LogP contribution in [-0.4, -0.2) is 38.4 Å². The SMILES string of the molecule is O[C@]12C[C@H]3O[C@@]1(C[C@@H]3Br)C[C@]13CC=CC[C@@]1(C2)O3.